The SMILES string of the molecule is CC(Cl)c1nc2c(F)cccc2n1C(C)C(=O)N(C)C. The Morgan fingerprint density at radius 2 is 2.05 bits per heavy atom. The molecule has 20 heavy (non-hydrogen) atoms. The highest BCUT2D eigenvalue weighted by Gasteiger charge is 2.25. The molecule has 1 aromatic heterocycles. The first kappa shape index (κ1) is 14.8. The second kappa shape index (κ2) is 5.40. The Morgan fingerprint density at radius 3 is 2.60 bits per heavy atom. The van der Waals surface area contributed by atoms with E-state index in [1.54, 1.807) is 44.6 Å². The Morgan fingerprint density at radius 1 is 1.40 bits per heavy atom. The summed E-state index contributed by atoms with van der Waals surface area (Å²) < 4.78 is 15.6. The van der Waals surface area contributed by atoms with Crippen molar-refractivity contribution in [1.29, 1.82) is 0 Å². The van der Waals surface area contributed by atoms with Crippen LogP contribution in [-0.4, -0.2) is 34.5 Å². The molecule has 0 saturated carbocycles. The third-order valence-corrected chi connectivity index (χ3v) is 3.43. The largest absolute Gasteiger partial charge is 0.347 e. The van der Waals surface area contributed by atoms with E-state index in [4.69, 9.17) is 11.6 Å². The maximum absolute atomic E-state index is 13.9. The Labute approximate surface area is 122 Å². The molecule has 1 heterocycles. The Hall–Kier alpha value is -1.62. The molecule has 0 fully saturated rings. The van der Waals surface area contributed by atoms with Crippen molar-refractivity contribution in [2.75, 3.05) is 14.1 Å². The van der Waals surface area contributed by atoms with E-state index in [9.17, 15) is 9.18 Å². The monoisotopic (exact) mass is 297 g/mol. The molecule has 2 unspecified atom stereocenters. The van der Waals surface area contributed by atoms with E-state index in [2.05, 4.69) is 4.98 Å². The van der Waals surface area contributed by atoms with Gasteiger partial charge >= 0.3 is 0 Å². The number of alkyl halides is 1. The van der Waals surface area contributed by atoms with Crippen LogP contribution in [0.1, 0.15) is 31.1 Å². The summed E-state index contributed by atoms with van der Waals surface area (Å²) in [5.74, 6) is -0.00841. The summed E-state index contributed by atoms with van der Waals surface area (Å²) >= 11 is 6.13. The molecule has 1 amide bonds. The highest BCUT2D eigenvalue weighted by Crippen LogP contribution is 2.29. The molecule has 0 radical (unpaired) electrons. The lowest BCUT2D eigenvalue weighted by Gasteiger charge is -2.21. The van der Waals surface area contributed by atoms with Crippen molar-refractivity contribution < 1.29 is 9.18 Å². The number of hydrogen-bond acceptors (Lipinski definition) is 2. The van der Waals surface area contributed by atoms with Gasteiger partial charge in [0.15, 0.2) is 5.82 Å². The van der Waals surface area contributed by atoms with Crippen LogP contribution in [0.3, 0.4) is 0 Å². The molecular weight excluding hydrogens is 281 g/mol. The van der Waals surface area contributed by atoms with Gasteiger partial charge in [0.2, 0.25) is 5.91 Å². The normalized spacial score (nSPS) is 14.3. The quantitative estimate of drug-likeness (QED) is 0.816. The molecule has 0 aliphatic carbocycles. The van der Waals surface area contributed by atoms with Crippen LogP contribution in [0.15, 0.2) is 18.2 Å². The number of likely N-dealkylation sites (N-methyl/N-ethyl adjacent to an activating group) is 1. The molecule has 0 aliphatic rings. The predicted octanol–water partition coefficient (Wildman–Crippen LogP) is 3.12. The molecule has 0 spiro atoms. The van der Waals surface area contributed by atoms with E-state index in [-0.39, 0.29) is 11.4 Å². The first-order valence-electron chi connectivity index (χ1n) is 6.36. The van der Waals surface area contributed by atoms with Crippen molar-refractivity contribution in [2.45, 2.75) is 25.3 Å². The topological polar surface area (TPSA) is 38.1 Å². The van der Waals surface area contributed by atoms with Gasteiger partial charge in [-0.25, -0.2) is 9.37 Å². The van der Waals surface area contributed by atoms with Crippen LogP contribution in [0.2, 0.25) is 0 Å². The molecular formula is C14H17ClFN3O. The smallest absolute Gasteiger partial charge is 0.244 e. The molecule has 0 N–H and O–H groups in total. The number of hydrogen-bond donors (Lipinski definition) is 0. The molecule has 4 nitrogen and oxygen atoms in total. The zero-order chi connectivity index (χ0) is 15.0. The zero-order valence-corrected chi connectivity index (χ0v) is 12.6. The van der Waals surface area contributed by atoms with Crippen molar-refractivity contribution in [3.8, 4) is 0 Å². The fraction of sp³-hybridized carbons (Fsp3) is 0.429. The molecule has 0 aliphatic heterocycles. The first-order valence-corrected chi connectivity index (χ1v) is 6.79. The standard InChI is InChI=1S/C14H17ClFN3O/c1-8(15)13-17-12-10(16)6-5-7-11(12)19(13)9(2)14(20)18(3)4/h5-9H,1-4H3. The minimum absolute atomic E-state index is 0.0906. The van der Waals surface area contributed by atoms with Crippen molar-refractivity contribution in [3.63, 3.8) is 0 Å². The van der Waals surface area contributed by atoms with Gasteiger partial charge in [-0.1, -0.05) is 6.07 Å². The minimum Gasteiger partial charge on any atom is -0.347 e. The van der Waals surface area contributed by atoms with Crippen LogP contribution in [0, 0.1) is 5.82 Å². The molecule has 0 bridgehead atoms. The first-order chi connectivity index (χ1) is 9.34. The molecule has 2 rings (SSSR count). The Bertz CT molecular complexity index is 651. The average Bonchev–Trinajstić information content (AvgIpc) is 2.78. The van der Waals surface area contributed by atoms with Crippen molar-refractivity contribution in [2.24, 2.45) is 0 Å². The third kappa shape index (κ3) is 2.38. The Balaban J connectivity index is 2.69. The summed E-state index contributed by atoms with van der Waals surface area (Å²) in [6.07, 6.45) is 0. The number of rotatable bonds is 3. The van der Waals surface area contributed by atoms with Crippen molar-refractivity contribution in [1.82, 2.24) is 14.5 Å². The summed E-state index contributed by atoms with van der Waals surface area (Å²) in [7, 11) is 3.37. The summed E-state index contributed by atoms with van der Waals surface area (Å²) in [4.78, 5) is 17.9. The van der Waals surface area contributed by atoms with Gasteiger partial charge < -0.3 is 9.47 Å². The number of carbonyl (C=O) groups excluding carboxylic acids is 1. The van der Waals surface area contributed by atoms with Crippen LogP contribution in [-0.2, 0) is 4.79 Å². The van der Waals surface area contributed by atoms with E-state index in [1.807, 2.05) is 0 Å². The number of nitrogens with zero attached hydrogens (tertiary/aromatic N) is 3. The van der Waals surface area contributed by atoms with Crippen molar-refractivity contribution in [3.05, 3.63) is 29.8 Å². The molecule has 0 saturated heterocycles. The van der Waals surface area contributed by atoms with Crippen LogP contribution >= 0.6 is 11.6 Å². The van der Waals surface area contributed by atoms with E-state index in [0.717, 1.165) is 0 Å². The van der Waals surface area contributed by atoms with Crippen LogP contribution in [0.4, 0.5) is 4.39 Å². The van der Waals surface area contributed by atoms with E-state index >= 15 is 0 Å². The number of carbonyl (C=O) groups is 1. The van der Waals surface area contributed by atoms with Crippen LogP contribution in [0.25, 0.3) is 11.0 Å². The summed E-state index contributed by atoms with van der Waals surface area (Å²) in [6, 6.07) is 4.20. The highest BCUT2D eigenvalue weighted by atomic mass is 35.5. The van der Waals surface area contributed by atoms with Gasteiger partial charge in [0.1, 0.15) is 17.4 Å². The van der Waals surface area contributed by atoms with E-state index in [1.165, 1.54) is 11.0 Å². The number of amides is 1. The number of benzene rings is 1. The number of imidazole rings is 1. The fourth-order valence-corrected chi connectivity index (χ4v) is 2.43. The van der Waals surface area contributed by atoms with Crippen molar-refractivity contribution >= 4 is 28.5 Å². The van der Waals surface area contributed by atoms with E-state index < -0.39 is 17.2 Å². The molecule has 2 aromatic rings. The number of halogens is 2. The van der Waals surface area contributed by atoms with Gasteiger partial charge in [-0.2, -0.15) is 0 Å². The average molecular weight is 298 g/mol. The van der Waals surface area contributed by atoms with Gasteiger partial charge in [0.05, 0.1) is 10.9 Å². The fourth-order valence-electron chi connectivity index (χ4n) is 2.27. The minimum atomic E-state index is -0.493. The number of fused-ring (bicyclic) bond motifs is 1. The van der Waals surface area contributed by atoms with Gasteiger partial charge in [-0.3, -0.25) is 4.79 Å². The molecule has 108 valence electrons. The summed E-state index contributed by atoms with van der Waals surface area (Å²) in [5, 5.41) is -0.417. The second-order valence-corrected chi connectivity index (χ2v) is 5.63. The molecule has 6 heteroatoms. The van der Waals surface area contributed by atoms with Gasteiger partial charge in [-0.15, -0.1) is 11.6 Å². The molecule has 1 aromatic carbocycles. The summed E-state index contributed by atoms with van der Waals surface area (Å²) in [5.41, 5.74) is 0.823. The van der Waals surface area contributed by atoms with Gasteiger partial charge in [-0.05, 0) is 26.0 Å². The zero-order valence-electron chi connectivity index (χ0n) is 11.9. The number of para-hydroxylation sites is 1. The van der Waals surface area contributed by atoms with Gasteiger partial charge in [0.25, 0.3) is 0 Å². The molecule has 2 atom stereocenters. The lowest BCUT2D eigenvalue weighted by Crippen LogP contribution is -2.30. The maximum Gasteiger partial charge on any atom is 0.244 e. The predicted molar refractivity (Wildman–Crippen MR) is 77.4 cm³/mol. The lowest BCUT2D eigenvalue weighted by atomic mass is 10.2. The van der Waals surface area contributed by atoms with Gasteiger partial charge in [0, 0.05) is 14.1 Å². The lowest BCUT2D eigenvalue weighted by molar-refractivity contribution is -0.131. The highest BCUT2D eigenvalue weighted by molar-refractivity contribution is 6.20. The summed E-state index contributed by atoms with van der Waals surface area (Å²) in [6.45, 7) is 3.52. The maximum atomic E-state index is 13.9. The third-order valence-electron chi connectivity index (χ3n) is 3.24. The van der Waals surface area contributed by atoms with E-state index in [0.29, 0.717) is 11.3 Å². The number of aromatic nitrogens is 2. The van der Waals surface area contributed by atoms with Crippen LogP contribution < -0.4 is 0 Å². The second-order valence-electron chi connectivity index (χ2n) is 4.97. The Kier molecular flexibility index (Phi) is 3.99. The van der Waals surface area contributed by atoms with Crippen LogP contribution in [0.5, 0.6) is 0 Å².